The molecule has 26 heavy (non-hydrogen) atoms. The summed E-state index contributed by atoms with van der Waals surface area (Å²) in [6.45, 7) is 2.64. The van der Waals surface area contributed by atoms with Gasteiger partial charge < -0.3 is 15.5 Å². The van der Waals surface area contributed by atoms with Gasteiger partial charge in [-0.15, -0.1) is 0 Å². The van der Waals surface area contributed by atoms with Crippen LogP contribution in [0.4, 0.5) is 5.69 Å². The summed E-state index contributed by atoms with van der Waals surface area (Å²) in [5.41, 5.74) is 1.59. The number of carbonyl (C=O) groups is 3. The fourth-order valence-corrected chi connectivity index (χ4v) is 3.69. The van der Waals surface area contributed by atoms with E-state index in [4.69, 9.17) is 5.26 Å². The number of nitrogens with one attached hydrogen (secondary N) is 2. The Bertz CT molecular complexity index is 753. The Morgan fingerprint density at radius 2 is 2.08 bits per heavy atom. The van der Waals surface area contributed by atoms with Crippen molar-refractivity contribution in [2.24, 2.45) is 11.8 Å². The highest BCUT2D eigenvalue weighted by Crippen LogP contribution is 2.28. The van der Waals surface area contributed by atoms with Gasteiger partial charge in [0.05, 0.1) is 12.5 Å². The first-order valence-corrected chi connectivity index (χ1v) is 8.80. The smallest absolute Gasteiger partial charge is 0.237 e. The van der Waals surface area contributed by atoms with Crippen LogP contribution in [0, 0.1) is 23.2 Å². The van der Waals surface area contributed by atoms with Gasteiger partial charge >= 0.3 is 0 Å². The highest BCUT2D eigenvalue weighted by Gasteiger charge is 2.39. The third-order valence-corrected chi connectivity index (χ3v) is 5.05. The number of hydrogen-bond donors (Lipinski definition) is 2. The van der Waals surface area contributed by atoms with Crippen molar-refractivity contribution >= 4 is 23.4 Å². The molecule has 0 aliphatic carbocycles. The molecule has 0 bridgehead atoms. The van der Waals surface area contributed by atoms with E-state index in [1.54, 1.807) is 12.1 Å². The molecule has 3 amide bonds. The minimum absolute atomic E-state index is 0.0427. The maximum atomic E-state index is 12.6. The van der Waals surface area contributed by atoms with Gasteiger partial charge in [0.1, 0.15) is 5.92 Å². The number of nitriles is 1. The molecule has 0 aromatic heterocycles. The van der Waals surface area contributed by atoms with E-state index in [2.05, 4.69) is 10.6 Å². The van der Waals surface area contributed by atoms with Crippen LogP contribution in [-0.4, -0.2) is 41.8 Å². The lowest BCUT2D eigenvalue weighted by molar-refractivity contribution is -0.135. The highest BCUT2D eigenvalue weighted by molar-refractivity contribution is 5.88. The second kappa shape index (κ2) is 7.56. The maximum Gasteiger partial charge on any atom is 0.237 e. The fraction of sp³-hybridized carbons (Fsp3) is 0.474. The van der Waals surface area contributed by atoms with Gasteiger partial charge in [-0.1, -0.05) is 12.1 Å². The van der Waals surface area contributed by atoms with Crippen LogP contribution in [0.15, 0.2) is 24.3 Å². The summed E-state index contributed by atoms with van der Waals surface area (Å²) in [7, 11) is 0. The second-order valence-corrected chi connectivity index (χ2v) is 6.98. The molecule has 2 aliphatic rings. The van der Waals surface area contributed by atoms with Gasteiger partial charge in [-0.05, 0) is 36.5 Å². The van der Waals surface area contributed by atoms with Crippen LogP contribution in [0.1, 0.15) is 25.3 Å². The minimum Gasteiger partial charge on any atom is -0.352 e. The lowest BCUT2D eigenvalue weighted by atomic mass is 9.80. The number of nitrogens with zero attached hydrogens (tertiary/aromatic N) is 2. The van der Waals surface area contributed by atoms with Crippen molar-refractivity contribution in [3.63, 3.8) is 0 Å². The molecule has 1 aromatic carbocycles. The van der Waals surface area contributed by atoms with Crippen LogP contribution in [0.25, 0.3) is 0 Å². The van der Waals surface area contributed by atoms with Crippen LogP contribution in [-0.2, 0) is 20.8 Å². The summed E-state index contributed by atoms with van der Waals surface area (Å²) in [5.74, 6) is -0.759. The number of piperidine rings is 2. The van der Waals surface area contributed by atoms with Gasteiger partial charge in [0.15, 0.2) is 0 Å². The number of anilines is 1. The van der Waals surface area contributed by atoms with Crippen LogP contribution in [0.3, 0.4) is 0 Å². The molecule has 2 N–H and O–H groups in total. The Labute approximate surface area is 152 Å². The average Bonchev–Trinajstić information content (AvgIpc) is 2.62. The first-order chi connectivity index (χ1) is 12.5. The van der Waals surface area contributed by atoms with Crippen molar-refractivity contribution < 1.29 is 14.4 Å². The van der Waals surface area contributed by atoms with E-state index in [0.29, 0.717) is 31.6 Å². The summed E-state index contributed by atoms with van der Waals surface area (Å²) < 4.78 is 0. The molecule has 0 radical (unpaired) electrons. The molecular weight excluding hydrogens is 332 g/mol. The van der Waals surface area contributed by atoms with Crippen molar-refractivity contribution in [3.8, 4) is 6.07 Å². The van der Waals surface area contributed by atoms with Gasteiger partial charge in [-0.3, -0.25) is 14.4 Å². The number of likely N-dealkylation sites (tertiary alicyclic amines) is 1. The van der Waals surface area contributed by atoms with E-state index in [1.165, 1.54) is 6.92 Å². The lowest BCUT2D eigenvalue weighted by Gasteiger charge is -2.42. The number of fused-ring (bicyclic) bond motifs is 1. The summed E-state index contributed by atoms with van der Waals surface area (Å²) in [6.07, 6.45) is 1.54. The summed E-state index contributed by atoms with van der Waals surface area (Å²) in [5, 5.41) is 14.7. The minimum atomic E-state index is -0.618. The molecule has 0 saturated carbocycles. The molecule has 136 valence electrons. The van der Waals surface area contributed by atoms with Gasteiger partial charge in [0.2, 0.25) is 17.7 Å². The second-order valence-electron chi connectivity index (χ2n) is 6.98. The molecule has 7 nitrogen and oxygen atoms in total. The van der Waals surface area contributed by atoms with Crippen LogP contribution >= 0.6 is 0 Å². The van der Waals surface area contributed by atoms with E-state index in [1.807, 2.05) is 23.1 Å². The lowest BCUT2D eigenvalue weighted by Crippen LogP contribution is -2.57. The van der Waals surface area contributed by atoms with Crippen LogP contribution in [0.2, 0.25) is 0 Å². The Morgan fingerprint density at radius 3 is 2.73 bits per heavy atom. The number of rotatable bonds is 3. The first kappa shape index (κ1) is 17.9. The molecule has 2 aliphatic heterocycles. The van der Waals surface area contributed by atoms with E-state index in [0.717, 1.165) is 12.0 Å². The zero-order valence-electron chi connectivity index (χ0n) is 14.7. The predicted octanol–water partition coefficient (Wildman–Crippen LogP) is 1.06. The molecule has 1 aromatic rings. The van der Waals surface area contributed by atoms with Gasteiger partial charge in [0.25, 0.3) is 0 Å². The average molecular weight is 354 g/mol. The van der Waals surface area contributed by atoms with Crippen LogP contribution < -0.4 is 10.6 Å². The summed E-state index contributed by atoms with van der Waals surface area (Å²) in [4.78, 5) is 37.3. The van der Waals surface area contributed by atoms with Crippen molar-refractivity contribution in [1.82, 2.24) is 10.2 Å². The van der Waals surface area contributed by atoms with E-state index >= 15 is 0 Å². The SMILES string of the molecule is CC(=O)Nc1ccc(CC(=O)N2CCC3NC(=O)C(C#N)CC3C2)cc1. The van der Waals surface area contributed by atoms with Crippen molar-refractivity contribution in [2.75, 3.05) is 18.4 Å². The fourth-order valence-electron chi connectivity index (χ4n) is 3.69. The highest BCUT2D eigenvalue weighted by atomic mass is 16.2. The van der Waals surface area contributed by atoms with E-state index in [9.17, 15) is 14.4 Å². The van der Waals surface area contributed by atoms with Crippen molar-refractivity contribution in [1.29, 1.82) is 5.26 Å². The number of amides is 3. The standard InChI is InChI=1S/C19H22N4O3/c1-12(24)21-16-4-2-13(3-5-16)8-18(25)23-7-6-17-15(11-23)9-14(10-20)19(26)22-17/h2-5,14-15,17H,6-9,11H2,1H3,(H,21,24)(H,22,26). The Balaban J connectivity index is 1.58. The van der Waals surface area contributed by atoms with Gasteiger partial charge in [-0.25, -0.2) is 0 Å². The third-order valence-electron chi connectivity index (χ3n) is 5.05. The van der Waals surface area contributed by atoms with Gasteiger partial charge in [-0.2, -0.15) is 5.26 Å². The number of hydrogen-bond acceptors (Lipinski definition) is 4. The third kappa shape index (κ3) is 4.02. The Kier molecular flexibility index (Phi) is 5.21. The summed E-state index contributed by atoms with van der Waals surface area (Å²) >= 11 is 0. The molecule has 3 atom stereocenters. The van der Waals surface area contributed by atoms with Gasteiger partial charge in [0, 0.05) is 31.7 Å². The summed E-state index contributed by atoms with van der Waals surface area (Å²) in [6, 6.07) is 9.34. The Morgan fingerprint density at radius 1 is 1.35 bits per heavy atom. The zero-order chi connectivity index (χ0) is 18.7. The zero-order valence-corrected chi connectivity index (χ0v) is 14.7. The molecule has 3 unspecified atom stereocenters. The molecule has 3 rings (SSSR count). The molecule has 2 saturated heterocycles. The molecule has 0 spiro atoms. The largest absolute Gasteiger partial charge is 0.352 e. The van der Waals surface area contributed by atoms with Crippen LogP contribution in [0.5, 0.6) is 0 Å². The topological polar surface area (TPSA) is 102 Å². The quantitative estimate of drug-likeness (QED) is 0.847. The van der Waals surface area contributed by atoms with E-state index in [-0.39, 0.29) is 29.7 Å². The first-order valence-electron chi connectivity index (χ1n) is 8.80. The predicted molar refractivity (Wildman–Crippen MR) is 94.8 cm³/mol. The molecule has 7 heteroatoms. The molecule has 2 fully saturated rings. The van der Waals surface area contributed by atoms with E-state index < -0.39 is 5.92 Å². The van der Waals surface area contributed by atoms with Crippen molar-refractivity contribution in [3.05, 3.63) is 29.8 Å². The maximum absolute atomic E-state index is 12.6. The monoisotopic (exact) mass is 354 g/mol. The van der Waals surface area contributed by atoms with Crippen molar-refractivity contribution in [2.45, 2.75) is 32.2 Å². The molecule has 2 heterocycles. The number of benzene rings is 1. The Hall–Kier alpha value is -2.88. The normalized spacial score (nSPS) is 24.8. The molecular formula is C19H22N4O3. The number of carbonyl (C=O) groups excluding carboxylic acids is 3.